The predicted octanol–water partition coefficient (Wildman–Crippen LogP) is 5.17. The lowest BCUT2D eigenvalue weighted by atomic mass is 9.49. The van der Waals surface area contributed by atoms with Gasteiger partial charge in [0, 0.05) is 17.0 Å². The number of nitrogens with zero attached hydrogens (tertiary/aromatic N) is 1. The second kappa shape index (κ2) is 7.77. The molecule has 1 unspecified atom stereocenters. The fraction of sp³-hybridized carbons (Fsp3) is 0.560. The molecule has 4 saturated carbocycles. The molecule has 160 valence electrons. The van der Waals surface area contributed by atoms with E-state index < -0.39 is 6.10 Å². The zero-order chi connectivity index (χ0) is 20.9. The third kappa shape index (κ3) is 3.72. The van der Waals surface area contributed by atoms with Crippen LogP contribution in [0, 0.1) is 23.2 Å². The van der Waals surface area contributed by atoms with Gasteiger partial charge in [0.1, 0.15) is 5.00 Å². The first-order valence-corrected chi connectivity index (χ1v) is 12.1. The molecular formula is C25H32N2O2S. The second-order valence-corrected chi connectivity index (χ2v) is 11.2. The molecule has 2 aromatic rings. The van der Waals surface area contributed by atoms with Crippen molar-refractivity contribution in [2.45, 2.75) is 44.6 Å². The van der Waals surface area contributed by atoms with Crippen LogP contribution in [0.1, 0.15) is 50.2 Å². The summed E-state index contributed by atoms with van der Waals surface area (Å²) in [5, 5.41) is 15.0. The minimum atomic E-state index is -0.625. The molecule has 1 heterocycles. The maximum absolute atomic E-state index is 13.6. The van der Waals surface area contributed by atoms with E-state index in [2.05, 4.69) is 23.5 Å². The lowest BCUT2D eigenvalue weighted by Crippen LogP contribution is -2.51. The standard InChI is InChI=1S/C25H32N2O2S/c1-27(2)15-21(28)20-11-22(19-6-4-3-5-7-19)30-23(20)26-24(29)25-12-16-8-17(13-25)10-18(9-16)14-25/h3-7,11,16-18,21,28H,8-10,12-15H2,1-2H3,(H,26,29). The number of nitrogens with one attached hydrogen (secondary N) is 1. The van der Waals surface area contributed by atoms with E-state index in [1.54, 1.807) is 11.3 Å². The molecule has 5 heteroatoms. The number of rotatable bonds is 6. The number of anilines is 1. The number of hydrogen-bond acceptors (Lipinski definition) is 4. The molecular weight excluding hydrogens is 392 g/mol. The van der Waals surface area contributed by atoms with Crippen LogP contribution in [0.15, 0.2) is 36.4 Å². The summed E-state index contributed by atoms with van der Waals surface area (Å²) < 4.78 is 0. The Kier molecular flexibility index (Phi) is 5.24. The number of thiophene rings is 1. The highest BCUT2D eigenvalue weighted by molar-refractivity contribution is 7.19. The topological polar surface area (TPSA) is 52.6 Å². The molecule has 4 nitrogen and oxygen atoms in total. The van der Waals surface area contributed by atoms with Gasteiger partial charge in [-0.2, -0.15) is 0 Å². The monoisotopic (exact) mass is 424 g/mol. The van der Waals surface area contributed by atoms with Crippen LogP contribution in [0.2, 0.25) is 0 Å². The highest BCUT2D eigenvalue weighted by Gasteiger charge is 2.54. The van der Waals surface area contributed by atoms with Gasteiger partial charge in [0.05, 0.1) is 11.5 Å². The number of hydrogen-bond donors (Lipinski definition) is 2. The van der Waals surface area contributed by atoms with E-state index in [1.807, 2.05) is 37.2 Å². The first-order chi connectivity index (χ1) is 14.4. The SMILES string of the molecule is CN(C)CC(O)c1cc(-c2ccccc2)sc1NC(=O)C12CC3CC(CC(C3)C1)C2. The molecule has 6 rings (SSSR count). The summed E-state index contributed by atoms with van der Waals surface area (Å²) >= 11 is 1.59. The Morgan fingerprint density at radius 3 is 2.30 bits per heavy atom. The Morgan fingerprint density at radius 2 is 1.73 bits per heavy atom. The van der Waals surface area contributed by atoms with Crippen LogP contribution in [0.25, 0.3) is 10.4 Å². The van der Waals surface area contributed by atoms with Gasteiger partial charge in [-0.1, -0.05) is 30.3 Å². The molecule has 4 fully saturated rings. The van der Waals surface area contributed by atoms with Gasteiger partial charge in [0.2, 0.25) is 5.91 Å². The van der Waals surface area contributed by atoms with Crippen LogP contribution < -0.4 is 5.32 Å². The smallest absolute Gasteiger partial charge is 0.231 e. The predicted molar refractivity (Wildman–Crippen MR) is 123 cm³/mol. The highest BCUT2D eigenvalue weighted by atomic mass is 32.1. The molecule has 1 atom stereocenters. The molecule has 4 bridgehead atoms. The Morgan fingerprint density at radius 1 is 1.13 bits per heavy atom. The first kappa shape index (κ1) is 20.2. The summed E-state index contributed by atoms with van der Waals surface area (Å²) in [6, 6.07) is 12.3. The van der Waals surface area contributed by atoms with Crippen LogP contribution in [0.3, 0.4) is 0 Å². The molecule has 30 heavy (non-hydrogen) atoms. The van der Waals surface area contributed by atoms with E-state index in [0.29, 0.717) is 6.54 Å². The van der Waals surface area contributed by atoms with E-state index in [1.165, 1.54) is 19.3 Å². The van der Waals surface area contributed by atoms with Gasteiger partial charge in [0.25, 0.3) is 0 Å². The van der Waals surface area contributed by atoms with Gasteiger partial charge in [-0.3, -0.25) is 4.79 Å². The van der Waals surface area contributed by atoms with Gasteiger partial charge >= 0.3 is 0 Å². The van der Waals surface area contributed by atoms with Gasteiger partial charge in [-0.05, 0) is 82.0 Å². The summed E-state index contributed by atoms with van der Waals surface area (Å²) in [7, 11) is 3.92. The van der Waals surface area contributed by atoms with Crippen molar-refractivity contribution in [3.8, 4) is 10.4 Å². The van der Waals surface area contributed by atoms with Crippen molar-refractivity contribution < 1.29 is 9.90 Å². The summed E-state index contributed by atoms with van der Waals surface area (Å²) in [5.41, 5.74) is 1.77. The summed E-state index contributed by atoms with van der Waals surface area (Å²) in [6.45, 7) is 0.533. The third-order valence-electron chi connectivity index (χ3n) is 7.46. The maximum Gasteiger partial charge on any atom is 0.231 e. The van der Waals surface area contributed by atoms with E-state index in [4.69, 9.17) is 0 Å². The van der Waals surface area contributed by atoms with Crippen LogP contribution >= 0.6 is 11.3 Å². The van der Waals surface area contributed by atoms with Crippen molar-refractivity contribution in [3.63, 3.8) is 0 Å². The van der Waals surface area contributed by atoms with E-state index in [9.17, 15) is 9.90 Å². The Hall–Kier alpha value is -1.69. The third-order valence-corrected chi connectivity index (χ3v) is 8.58. The molecule has 0 saturated heterocycles. The quantitative estimate of drug-likeness (QED) is 0.673. The van der Waals surface area contributed by atoms with Crippen molar-refractivity contribution in [2.75, 3.05) is 26.0 Å². The summed E-state index contributed by atoms with van der Waals surface area (Å²) in [4.78, 5) is 16.7. The van der Waals surface area contributed by atoms with Crippen molar-refractivity contribution >= 4 is 22.2 Å². The number of amides is 1. The van der Waals surface area contributed by atoms with Crippen LogP contribution in [0.5, 0.6) is 0 Å². The molecule has 2 N–H and O–H groups in total. The first-order valence-electron chi connectivity index (χ1n) is 11.3. The maximum atomic E-state index is 13.6. The number of carbonyl (C=O) groups is 1. The molecule has 1 aromatic carbocycles. The fourth-order valence-corrected chi connectivity index (χ4v) is 7.68. The number of benzene rings is 1. The van der Waals surface area contributed by atoms with Gasteiger partial charge in [-0.25, -0.2) is 0 Å². The summed E-state index contributed by atoms with van der Waals surface area (Å²) in [5.74, 6) is 2.42. The Bertz CT molecular complexity index is 885. The van der Waals surface area contributed by atoms with Crippen molar-refractivity contribution in [1.29, 1.82) is 0 Å². The molecule has 4 aliphatic rings. The summed E-state index contributed by atoms with van der Waals surface area (Å²) in [6.07, 6.45) is 6.52. The number of aliphatic hydroxyl groups excluding tert-OH is 1. The highest BCUT2D eigenvalue weighted by Crippen LogP contribution is 2.60. The normalized spacial score (nSPS) is 30.6. The number of carbonyl (C=O) groups excluding carboxylic acids is 1. The molecule has 0 spiro atoms. The van der Waals surface area contributed by atoms with Crippen LogP contribution in [0.4, 0.5) is 5.00 Å². The Labute approximate surface area is 183 Å². The van der Waals surface area contributed by atoms with Gasteiger partial charge in [-0.15, -0.1) is 11.3 Å². The zero-order valence-electron chi connectivity index (χ0n) is 17.9. The number of aliphatic hydroxyl groups is 1. The minimum Gasteiger partial charge on any atom is -0.387 e. The van der Waals surface area contributed by atoms with Crippen molar-refractivity contribution in [1.82, 2.24) is 4.90 Å². The molecule has 1 aromatic heterocycles. The average molecular weight is 425 g/mol. The fourth-order valence-electron chi connectivity index (χ4n) is 6.56. The van der Waals surface area contributed by atoms with E-state index in [-0.39, 0.29) is 11.3 Å². The van der Waals surface area contributed by atoms with Gasteiger partial charge in [0.15, 0.2) is 0 Å². The molecule has 1 amide bonds. The average Bonchev–Trinajstić information content (AvgIpc) is 3.11. The van der Waals surface area contributed by atoms with E-state index >= 15 is 0 Å². The largest absolute Gasteiger partial charge is 0.387 e. The Balaban J connectivity index is 1.44. The van der Waals surface area contributed by atoms with Crippen LogP contribution in [-0.2, 0) is 4.79 Å². The van der Waals surface area contributed by atoms with Crippen molar-refractivity contribution in [3.05, 3.63) is 42.0 Å². The lowest BCUT2D eigenvalue weighted by Gasteiger charge is -2.55. The molecule has 0 aliphatic heterocycles. The molecule has 0 radical (unpaired) electrons. The van der Waals surface area contributed by atoms with Gasteiger partial charge < -0.3 is 15.3 Å². The number of likely N-dealkylation sites (N-methyl/N-ethyl adjacent to an activating group) is 1. The zero-order valence-corrected chi connectivity index (χ0v) is 18.8. The second-order valence-electron chi connectivity index (χ2n) is 10.2. The molecule has 4 aliphatic carbocycles. The van der Waals surface area contributed by atoms with E-state index in [0.717, 1.165) is 58.0 Å². The lowest BCUT2D eigenvalue weighted by molar-refractivity contribution is -0.140. The van der Waals surface area contributed by atoms with Crippen molar-refractivity contribution in [2.24, 2.45) is 23.2 Å². The van der Waals surface area contributed by atoms with Crippen LogP contribution in [-0.4, -0.2) is 36.6 Å². The minimum absolute atomic E-state index is 0.185.